The van der Waals surface area contributed by atoms with Crippen molar-refractivity contribution in [3.63, 3.8) is 0 Å². The van der Waals surface area contributed by atoms with Gasteiger partial charge in [0.2, 0.25) is 5.91 Å². The molecule has 20 heteroatoms. The van der Waals surface area contributed by atoms with E-state index < -0.39 is 91.3 Å². The number of hydrogen-bond acceptors (Lipinski definition) is 15. The third kappa shape index (κ3) is 19.9. The van der Waals surface area contributed by atoms with E-state index in [0.29, 0.717) is 30.4 Å². The summed E-state index contributed by atoms with van der Waals surface area (Å²) in [5.74, 6) is -0.665. The molecule has 1 aliphatic carbocycles. The van der Waals surface area contributed by atoms with Crippen molar-refractivity contribution in [1.82, 2.24) is 26.6 Å². The van der Waals surface area contributed by atoms with E-state index in [2.05, 4.69) is 26.6 Å². The lowest BCUT2D eigenvalue weighted by Crippen LogP contribution is -2.74. The van der Waals surface area contributed by atoms with Gasteiger partial charge in [0.1, 0.15) is 56.9 Å². The number of rotatable bonds is 27. The first-order chi connectivity index (χ1) is 41.0. The van der Waals surface area contributed by atoms with Gasteiger partial charge >= 0.3 is 24.4 Å². The number of nitrogens with one attached hydrogen (secondary N) is 5. The predicted molar refractivity (Wildman–Crippen MR) is 307 cm³/mol. The van der Waals surface area contributed by atoms with E-state index in [4.69, 9.17) is 37.9 Å². The minimum atomic E-state index is -1.90. The third-order valence-corrected chi connectivity index (χ3v) is 14.1. The Morgan fingerprint density at radius 1 is 0.464 bits per heavy atom. The normalized spacial score (nSPS) is 21.3. The van der Waals surface area contributed by atoms with Crippen LogP contribution < -0.4 is 26.6 Å². The molecule has 1 aliphatic heterocycles. The van der Waals surface area contributed by atoms with E-state index >= 15 is 0 Å². The zero-order chi connectivity index (χ0) is 58.7. The summed E-state index contributed by atoms with van der Waals surface area (Å²) in [6.07, 6.45) is -11.6. The van der Waals surface area contributed by atoms with Crippen molar-refractivity contribution < 1.29 is 72.1 Å². The highest BCUT2D eigenvalue weighted by Gasteiger charge is 2.54. The van der Waals surface area contributed by atoms with Gasteiger partial charge in [-0.2, -0.15) is 0 Å². The van der Waals surface area contributed by atoms with Gasteiger partial charge in [0.05, 0.1) is 37.4 Å². The van der Waals surface area contributed by atoms with Crippen LogP contribution in [0.25, 0.3) is 0 Å². The highest BCUT2D eigenvalue weighted by molar-refractivity contribution is 5.81. The zero-order valence-corrected chi connectivity index (χ0v) is 46.5. The predicted octanol–water partition coefficient (Wildman–Crippen LogP) is 7.88. The summed E-state index contributed by atoms with van der Waals surface area (Å²) in [7, 11) is 0. The summed E-state index contributed by atoms with van der Waals surface area (Å²) in [5.41, 5.74) is 4.52. The molecule has 0 bridgehead atoms. The maximum absolute atomic E-state index is 14.8. The molecule has 1 saturated heterocycles. The molecule has 6 aromatic carbocycles. The number of carbonyl (C=O) groups is 5. The maximum Gasteiger partial charge on any atom is 0.407 e. The lowest BCUT2D eigenvalue weighted by Gasteiger charge is -2.49. The van der Waals surface area contributed by atoms with Crippen LogP contribution in [0, 0.1) is 0 Å². The molecule has 6 aromatic rings. The summed E-state index contributed by atoms with van der Waals surface area (Å²) in [6.45, 7) is 0.0493. The number of aliphatic hydroxyl groups excluding tert-OH is 2. The average Bonchev–Trinajstić information content (AvgIpc) is 3.72. The molecule has 5 amide bonds. The highest BCUT2D eigenvalue weighted by Crippen LogP contribution is 2.32. The Morgan fingerprint density at radius 2 is 0.905 bits per heavy atom. The van der Waals surface area contributed by atoms with Crippen molar-refractivity contribution >= 4 is 30.3 Å². The Bertz CT molecular complexity index is 2920. The smallest absolute Gasteiger partial charge is 0.407 e. The molecule has 2 aliphatic rings. The third-order valence-electron chi connectivity index (χ3n) is 14.1. The first-order valence-electron chi connectivity index (χ1n) is 28.2. The van der Waals surface area contributed by atoms with Crippen LogP contribution in [0.15, 0.2) is 182 Å². The van der Waals surface area contributed by atoms with Crippen molar-refractivity contribution in [3.8, 4) is 0 Å². The van der Waals surface area contributed by atoms with Gasteiger partial charge in [-0.05, 0) is 65.5 Å². The Hall–Kier alpha value is -8.37. The van der Waals surface area contributed by atoms with E-state index in [0.717, 1.165) is 22.3 Å². The molecule has 7 N–H and O–H groups in total. The number of aliphatic hydroxyl groups is 2. The first kappa shape index (κ1) is 61.7. The van der Waals surface area contributed by atoms with Crippen LogP contribution in [-0.2, 0) is 82.3 Å². The number of amides is 5. The van der Waals surface area contributed by atoms with E-state index in [1.54, 1.807) is 36.4 Å². The number of ether oxygens (including phenoxy) is 8. The van der Waals surface area contributed by atoms with E-state index in [9.17, 15) is 34.2 Å². The lowest BCUT2D eigenvalue weighted by molar-refractivity contribution is -0.269. The summed E-state index contributed by atoms with van der Waals surface area (Å²) >= 11 is 0. The SMILES string of the molecule is O=C(NCCCC[C@H](OCc1ccccc1)C(=O)N[C@@H]1C(OCc2ccccc2)[C@H](NC(=O)OCc2ccccc2)C(O[C@H]2OC(CNC(=O)OCc3ccccc3)CCC2NC(=O)OCc2ccccc2)C(O)[C@H]1O)OCc1ccccc1. The highest BCUT2D eigenvalue weighted by atomic mass is 16.7. The summed E-state index contributed by atoms with van der Waals surface area (Å²) in [6, 6.07) is 51.0. The molecule has 10 atom stereocenters. The molecule has 5 unspecified atom stereocenters. The molecule has 0 aromatic heterocycles. The molecule has 8 rings (SSSR count). The van der Waals surface area contributed by atoms with Gasteiger partial charge in [-0.25, -0.2) is 19.2 Å². The van der Waals surface area contributed by atoms with Crippen LogP contribution in [0.2, 0.25) is 0 Å². The second-order valence-electron chi connectivity index (χ2n) is 20.3. The van der Waals surface area contributed by atoms with Gasteiger partial charge < -0.3 is 74.7 Å². The molecule has 20 nitrogen and oxygen atoms in total. The number of benzene rings is 6. The van der Waals surface area contributed by atoms with Crippen LogP contribution in [0.3, 0.4) is 0 Å². The first-order valence-corrected chi connectivity index (χ1v) is 28.2. The van der Waals surface area contributed by atoms with Crippen LogP contribution in [0.4, 0.5) is 19.2 Å². The fraction of sp³-hybridized carbons (Fsp3) is 0.359. The minimum absolute atomic E-state index is 0.0225. The second kappa shape index (κ2) is 33.1. The maximum atomic E-state index is 14.8. The van der Waals surface area contributed by atoms with Crippen LogP contribution in [0.1, 0.15) is 65.5 Å². The Labute approximate surface area is 488 Å². The largest absolute Gasteiger partial charge is 0.445 e. The molecule has 0 spiro atoms. The van der Waals surface area contributed by atoms with Crippen molar-refractivity contribution in [2.45, 2.75) is 133 Å². The molecular formula is C64H73N5O15. The molecule has 0 radical (unpaired) electrons. The fourth-order valence-electron chi connectivity index (χ4n) is 9.65. The van der Waals surface area contributed by atoms with Crippen molar-refractivity contribution in [1.29, 1.82) is 0 Å². The van der Waals surface area contributed by atoms with Crippen LogP contribution in [-0.4, -0.2) is 115 Å². The summed E-state index contributed by atoms with van der Waals surface area (Å²) in [4.78, 5) is 68.0. The van der Waals surface area contributed by atoms with Gasteiger partial charge in [0.25, 0.3) is 0 Å². The monoisotopic (exact) mass is 1150 g/mol. The summed E-state index contributed by atoms with van der Waals surface area (Å²) < 4.78 is 48.4. The second-order valence-corrected chi connectivity index (χ2v) is 20.3. The molecule has 1 saturated carbocycles. The topological polar surface area (TPSA) is 260 Å². The molecule has 1 heterocycles. The van der Waals surface area contributed by atoms with Crippen molar-refractivity contribution in [2.75, 3.05) is 13.1 Å². The van der Waals surface area contributed by atoms with Crippen molar-refractivity contribution in [2.24, 2.45) is 0 Å². The van der Waals surface area contributed by atoms with E-state index in [1.807, 2.05) is 146 Å². The number of carbonyl (C=O) groups excluding carboxylic acids is 5. The Morgan fingerprint density at radius 3 is 1.40 bits per heavy atom. The van der Waals surface area contributed by atoms with E-state index in [1.165, 1.54) is 0 Å². The van der Waals surface area contributed by atoms with Gasteiger partial charge in [0, 0.05) is 13.1 Å². The molecule has 444 valence electrons. The van der Waals surface area contributed by atoms with Gasteiger partial charge in [-0.1, -0.05) is 182 Å². The van der Waals surface area contributed by atoms with Crippen LogP contribution in [0.5, 0.6) is 0 Å². The molecule has 2 fully saturated rings. The van der Waals surface area contributed by atoms with Gasteiger partial charge in [-0.15, -0.1) is 0 Å². The lowest BCUT2D eigenvalue weighted by atomic mass is 9.80. The van der Waals surface area contributed by atoms with Gasteiger partial charge in [-0.3, -0.25) is 4.79 Å². The summed E-state index contributed by atoms with van der Waals surface area (Å²) in [5, 5.41) is 39.0. The fourth-order valence-corrected chi connectivity index (χ4v) is 9.65. The standard InChI is InChI=1S/C64H73N5O15/c70-55-53(68-59(72)52(77-38-44-21-7-1-8-22-44)33-19-20-36-65-61(73)79-40-46-25-11-3-12-26-46)57(78-39-45-23-9-2-10-24-45)54(69-64(76)82-43-49-31-17-6-18-32-49)58(56(55)71)84-60-51(67-63(75)81-42-48-29-15-5-16-30-48)35-34-50(83-60)37-66-62(74)80-41-47-27-13-4-14-28-47/h1-18,21-32,50-58,60,70-71H,19-20,33-43H2,(H,65,73)(H,66,74)(H,67,75)(H,68,72)(H,69,76)/t50?,51?,52-,53-,54-,55-,56?,57?,58?,60+/m0/s1. The van der Waals surface area contributed by atoms with Crippen LogP contribution >= 0.6 is 0 Å². The molecular weight excluding hydrogens is 1080 g/mol. The number of alkyl carbamates (subject to hydrolysis) is 4. The number of hydrogen-bond donors (Lipinski definition) is 7. The zero-order valence-electron chi connectivity index (χ0n) is 46.5. The quantitative estimate of drug-likeness (QED) is 0.0191. The average molecular weight is 1150 g/mol. The Balaban J connectivity index is 1.04. The van der Waals surface area contributed by atoms with Gasteiger partial charge in [0.15, 0.2) is 6.29 Å². The minimum Gasteiger partial charge on any atom is -0.445 e. The van der Waals surface area contributed by atoms with E-state index in [-0.39, 0.29) is 65.6 Å². The Kier molecular flexibility index (Phi) is 24.3. The number of unbranched alkanes of at least 4 members (excludes halogenated alkanes) is 1. The van der Waals surface area contributed by atoms with Crippen molar-refractivity contribution in [3.05, 3.63) is 215 Å². The molecule has 84 heavy (non-hydrogen) atoms.